The Hall–Kier alpha value is -4.84. The minimum atomic E-state index is -3.90. The van der Waals surface area contributed by atoms with Crippen molar-refractivity contribution in [3.8, 4) is 27.7 Å². The molecule has 1 saturated heterocycles. The molecule has 56 heavy (non-hydrogen) atoms. The van der Waals surface area contributed by atoms with E-state index in [2.05, 4.69) is 20.3 Å². The first kappa shape index (κ1) is 39.4. The van der Waals surface area contributed by atoms with Gasteiger partial charge in [-0.1, -0.05) is 38.8 Å². The Morgan fingerprint density at radius 3 is 2.54 bits per heavy atom. The predicted molar refractivity (Wildman–Crippen MR) is 207 cm³/mol. The molecule has 18 heteroatoms. The van der Waals surface area contributed by atoms with Crippen molar-refractivity contribution in [2.24, 2.45) is 11.8 Å². The number of hydrogen-bond acceptors (Lipinski definition) is 12. The number of alkyl carbamates (subject to hydrolysis) is 1. The maximum Gasteiger partial charge on any atom is 0.407 e. The average Bonchev–Trinajstić information content (AvgIpc) is 3.93. The number of amides is 4. The molecule has 7 rings (SSSR count). The van der Waals surface area contributed by atoms with Crippen LogP contribution in [0.3, 0.4) is 0 Å². The average molecular weight is 809 g/mol. The summed E-state index contributed by atoms with van der Waals surface area (Å²) in [5.74, 6) is -1.57. The Labute approximate surface area is 329 Å². The second-order valence-electron chi connectivity index (χ2n) is 15.4. The minimum Gasteiger partial charge on any atom is -0.497 e. The molecule has 3 fully saturated rings. The van der Waals surface area contributed by atoms with E-state index in [-0.39, 0.29) is 31.9 Å². The molecular weight excluding hydrogens is 761 g/mol. The number of carbonyl (C=O) groups excluding carboxylic acids is 4. The second-order valence-corrected chi connectivity index (χ2v) is 18.2. The summed E-state index contributed by atoms with van der Waals surface area (Å²) in [6, 6.07) is 4.66. The van der Waals surface area contributed by atoms with Gasteiger partial charge in [0.25, 0.3) is 5.91 Å². The van der Waals surface area contributed by atoms with Gasteiger partial charge in [0.15, 0.2) is 0 Å². The Morgan fingerprint density at radius 1 is 1.07 bits per heavy atom. The van der Waals surface area contributed by atoms with Crippen LogP contribution in [0.2, 0.25) is 0 Å². The van der Waals surface area contributed by atoms with Gasteiger partial charge in [-0.2, -0.15) is 9.90 Å². The number of aromatic nitrogens is 4. The zero-order valence-corrected chi connectivity index (χ0v) is 33.3. The fraction of sp³-hybridized carbons (Fsp3) is 0.553. The minimum absolute atomic E-state index is 0.0166. The molecule has 1 aromatic carbocycles. The van der Waals surface area contributed by atoms with Gasteiger partial charge in [-0.05, 0) is 68.7 Å². The van der Waals surface area contributed by atoms with Gasteiger partial charge in [0.1, 0.15) is 39.8 Å². The third kappa shape index (κ3) is 8.60. The smallest absolute Gasteiger partial charge is 0.407 e. The Kier molecular flexibility index (Phi) is 11.5. The maximum atomic E-state index is 14.6. The number of hydrogen-bond donors (Lipinski definition) is 3. The van der Waals surface area contributed by atoms with Gasteiger partial charge >= 0.3 is 6.09 Å². The third-order valence-electron chi connectivity index (χ3n) is 10.7. The molecule has 4 aliphatic rings. The molecule has 0 bridgehead atoms. The van der Waals surface area contributed by atoms with Gasteiger partial charge in [-0.15, -0.1) is 16.4 Å². The number of carbonyl (C=O) groups is 4. The van der Waals surface area contributed by atoms with Gasteiger partial charge < -0.3 is 25.0 Å². The number of fused-ring (bicyclic) bond motifs is 2. The van der Waals surface area contributed by atoms with Crippen LogP contribution in [0.4, 0.5) is 4.79 Å². The van der Waals surface area contributed by atoms with Crippen LogP contribution < -0.4 is 20.1 Å². The number of rotatable bonds is 10. The molecular formula is C38H48N8O8S2. The summed E-state index contributed by atoms with van der Waals surface area (Å²) in [6.45, 7) is 4.00. The fourth-order valence-electron chi connectivity index (χ4n) is 7.29. The number of sulfonamides is 1. The van der Waals surface area contributed by atoms with E-state index in [1.807, 2.05) is 55.6 Å². The van der Waals surface area contributed by atoms with Gasteiger partial charge in [-0.25, -0.2) is 18.2 Å². The van der Waals surface area contributed by atoms with Crippen LogP contribution in [0.15, 0.2) is 48.0 Å². The van der Waals surface area contributed by atoms with Crippen LogP contribution in [0.25, 0.3) is 22.0 Å². The van der Waals surface area contributed by atoms with Crippen molar-refractivity contribution >= 4 is 45.2 Å². The first-order chi connectivity index (χ1) is 26.9. The molecule has 0 unspecified atom stereocenters. The van der Waals surface area contributed by atoms with Crippen molar-refractivity contribution in [2.75, 3.05) is 20.3 Å². The lowest BCUT2D eigenvalue weighted by Gasteiger charge is -2.30. The highest BCUT2D eigenvalue weighted by Gasteiger charge is 2.62. The molecule has 2 aromatic heterocycles. The Bertz CT molecular complexity index is 2070. The topological polar surface area (TPSA) is 204 Å². The molecule has 2 saturated carbocycles. The molecule has 2 aliphatic carbocycles. The molecule has 0 spiro atoms. The van der Waals surface area contributed by atoms with E-state index < -0.39 is 68.7 Å². The zero-order chi connectivity index (χ0) is 39.6. The number of benzene rings is 1. The summed E-state index contributed by atoms with van der Waals surface area (Å²) < 4.78 is 38.7. The van der Waals surface area contributed by atoms with Gasteiger partial charge in [0.05, 0.1) is 25.0 Å². The number of allylic oxidation sites excluding steroid dienone is 1. The quantitative estimate of drug-likeness (QED) is 0.250. The Balaban J connectivity index is 1.23. The third-order valence-corrected chi connectivity index (χ3v) is 13.3. The summed E-state index contributed by atoms with van der Waals surface area (Å²) in [6.07, 6.45) is 9.19. The highest BCUT2D eigenvalue weighted by Crippen LogP contribution is 2.46. The Morgan fingerprint density at radius 2 is 1.84 bits per heavy atom. The van der Waals surface area contributed by atoms with E-state index in [4.69, 9.17) is 19.7 Å². The van der Waals surface area contributed by atoms with Gasteiger partial charge in [0, 0.05) is 36.0 Å². The molecule has 4 heterocycles. The van der Waals surface area contributed by atoms with Gasteiger partial charge in [-0.3, -0.25) is 19.1 Å². The lowest BCUT2D eigenvalue weighted by Crippen LogP contribution is -2.58. The molecule has 2 aliphatic heterocycles. The number of methoxy groups -OCH3 is 1. The van der Waals surface area contributed by atoms with Crippen LogP contribution in [0.1, 0.15) is 77.7 Å². The summed E-state index contributed by atoms with van der Waals surface area (Å²) in [7, 11) is -2.32. The van der Waals surface area contributed by atoms with E-state index in [0.717, 1.165) is 18.4 Å². The van der Waals surface area contributed by atoms with Crippen molar-refractivity contribution in [1.29, 1.82) is 0 Å². The first-order valence-corrected chi connectivity index (χ1v) is 21.6. The van der Waals surface area contributed by atoms with E-state index >= 15 is 0 Å². The molecule has 16 nitrogen and oxygen atoms in total. The normalized spacial score (nSPS) is 26.2. The fourth-order valence-corrected chi connectivity index (χ4v) is 9.27. The van der Waals surface area contributed by atoms with Crippen LogP contribution in [0, 0.1) is 11.8 Å². The first-order valence-electron chi connectivity index (χ1n) is 19.2. The summed E-state index contributed by atoms with van der Waals surface area (Å²) >= 11 is 1.40. The number of nitrogens with one attached hydrogen (secondary N) is 3. The summed E-state index contributed by atoms with van der Waals surface area (Å²) in [4.78, 5) is 63.3. The molecule has 3 aromatic rings. The number of nitrogens with zero attached hydrogens (tertiary/aromatic N) is 5. The largest absolute Gasteiger partial charge is 0.497 e. The molecule has 300 valence electrons. The van der Waals surface area contributed by atoms with Crippen molar-refractivity contribution < 1.29 is 37.1 Å². The van der Waals surface area contributed by atoms with Crippen LogP contribution in [0.5, 0.6) is 5.75 Å². The molecule has 4 amide bonds. The lowest BCUT2D eigenvalue weighted by atomic mass is 10.0. The SMILES string of the molecule is COc1ccc(-c2nn([C@@H]3C[C@H]4C(=O)N[C@]5(C(=O)NS(=O)(=O)C6CC6)C[C@H]5/C=C/CCCCC[C@@H](NC(=O)OCC(C)C)C(=O)N4C3)nc2-c2nccs2)cc1. The van der Waals surface area contributed by atoms with Crippen molar-refractivity contribution in [1.82, 2.24) is 40.2 Å². The zero-order valence-electron chi connectivity index (χ0n) is 31.7. The van der Waals surface area contributed by atoms with Crippen LogP contribution in [-0.2, 0) is 29.1 Å². The summed E-state index contributed by atoms with van der Waals surface area (Å²) in [5, 5.41) is 17.3. The van der Waals surface area contributed by atoms with Gasteiger partial charge in [0.2, 0.25) is 21.8 Å². The number of ether oxygens (including phenoxy) is 2. The lowest BCUT2D eigenvalue weighted by molar-refractivity contribution is -0.141. The predicted octanol–water partition coefficient (Wildman–Crippen LogP) is 3.97. The molecule has 5 atom stereocenters. The van der Waals surface area contributed by atoms with E-state index in [1.165, 1.54) is 21.0 Å². The molecule has 0 radical (unpaired) electrons. The maximum absolute atomic E-state index is 14.6. The standard InChI is InChI=1S/C38H48N8O8S2/c1-23(2)22-54-37(50)40-29-10-8-6-4-5-7-9-25-20-38(25,36(49)44-56(51,52)28-15-16-28)41-33(47)30-19-26(21-45(30)35(29)48)46-42-31(24-11-13-27(53-3)14-12-24)32(43-46)34-39-17-18-55-34/h7,9,11-14,17-18,23,25-26,28-30H,4-6,8,10,15-16,19-22H2,1-3H3,(H,40,50)(H,41,47)(H,44,49)/b9-7+/t25-,26-,29-,30+,38-/m1/s1. The van der Waals surface area contributed by atoms with Crippen LogP contribution >= 0.6 is 11.3 Å². The van der Waals surface area contributed by atoms with Crippen molar-refractivity contribution in [3.05, 3.63) is 48.0 Å². The highest BCUT2D eigenvalue weighted by molar-refractivity contribution is 7.91. The van der Waals surface area contributed by atoms with E-state index in [9.17, 15) is 27.6 Å². The van der Waals surface area contributed by atoms with Crippen LogP contribution in [-0.4, -0.2) is 100 Å². The van der Waals surface area contributed by atoms with Crippen molar-refractivity contribution in [3.63, 3.8) is 0 Å². The van der Waals surface area contributed by atoms with E-state index in [0.29, 0.717) is 54.2 Å². The monoisotopic (exact) mass is 808 g/mol. The van der Waals surface area contributed by atoms with Crippen molar-refractivity contribution in [2.45, 2.75) is 101 Å². The summed E-state index contributed by atoms with van der Waals surface area (Å²) in [5.41, 5.74) is 0.327. The number of thiazole rings is 1. The van der Waals surface area contributed by atoms with E-state index in [1.54, 1.807) is 13.3 Å². The molecule has 3 N–H and O–H groups in total. The highest BCUT2D eigenvalue weighted by atomic mass is 32.2. The second kappa shape index (κ2) is 16.3.